The van der Waals surface area contributed by atoms with Gasteiger partial charge in [0.25, 0.3) is 0 Å². The fraction of sp³-hybridized carbons (Fsp3) is 0.250. The lowest BCUT2D eigenvalue weighted by Gasteiger charge is -2.08. The summed E-state index contributed by atoms with van der Waals surface area (Å²) >= 11 is 0. The van der Waals surface area contributed by atoms with E-state index in [0.717, 1.165) is 5.69 Å². The van der Waals surface area contributed by atoms with Crippen molar-refractivity contribution in [3.05, 3.63) is 36.0 Å². The zero-order valence-electron chi connectivity index (χ0n) is 9.88. The van der Waals surface area contributed by atoms with E-state index >= 15 is 0 Å². The summed E-state index contributed by atoms with van der Waals surface area (Å²) in [7, 11) is 1.59. The minimum atomic E-state index is 0.559. The standard InChI is InChI=1S/C12H12N4O2/c1-17-10-3-2-9(7-13)11(6-10)14-5-4-12-15-8-16-18-12/h2-3,6,8,14H,4-5H2,1H3. The predicted octanol–water partition coefficient (Wildman–Crippen LogP) is 1.60. The van der Waals surface area contributed by atoms with Gasteiger partial charge in [-0.1, -0.05) is 5.16 Å². The van der Waals surface area contributed by atoms with Crippen molar-refractivity contribution in [2.24, 2.45) is 0 Å². The molecule has 92 valence electrons. The Morgan fingerprint density at radius 2 is 2.39 bits per heavy atom. The number of anilines is 1. The van der Waals surface area contributed by atoms with E-state index in [-0.39, 0.29) is 0 Å². The van der Waals surface area contributed by atoms with Crippen LogP contribution in [-0.2, 0) is 6.42 Å². The Kier molecular flexibility index (Phi) is 3.76. The number of benzene rings is 1. The number of hydrogen-bond donors (Lipinski definition) is 1. The van der Waals surface area contributed by atoms with Gasteiger partial charge < -0.3 is 14.6 Å². The van der Waals surface area contributed by atoms with Crippen molar-refractivity contribution < 1.29 is 9.26 Å². The molecule has 18 heavy (non-hydrogen) atoms. The first kappa shape index (κ1) is 11.9. The Hall–Kier alpha value is -2.55. The summed E-state index contributed by atoms with van der Waals surface area (Å²) < 4.78 is 10.00. The van der Waals surface area contributed by atoms with Crippen LogP contribution >= 0.6 is 0 Å². The normalized spacial score (nSPS) is 9.78. The maximum Gasteiger partial charge on any atom is 0.228 e. The molecule has 1 aromatic carbocycles. The molecular formula is C12H12N4O2. The molecule has 0 saturated heterocycles. The van der Waals surface area contributed by atoms with E-state index in [1.54, 1.807) is 25.3 Å². The molecule has 0 radical (unpaired) electrons. The Balaban J connectivity index is 2.01. The summed E-state index contributed by atoms with van der Waals surface area (Å²) in [5, 5.41) is 15.7. The first-order chi connectivity index (χ1) is 8.83. The molecule has 0 fully saturated rings. The van der Waals surface area contributed by atoms with Crippen LogP contribution in [0.4, 0.5) is 5.69 Å². The molecule has 0 aliphatic rings. The number of rotatable bonds is 5. The van der Waals surface area contributed by atoms with Crippen LogP contribution in [0.1, 0.15) is 11.5 Å². The summed E-state index contributed by atoms with van der Waals surface area (Å²) in [5.74, 6) is 1.26. The molecule has 1 N–H and O–H groups in total. The van der Waals surface area contributed by atoms with Crippen LogP contribution in [0.15, 0.2) is 29.0 Å². The van der Waals surface area contributed by atoms with Gasteiger partial charge in [0.2, 0.25) is 5.89 Å². The van der Waals surface area contributed by atoms with Crippen molar-refractivity contribution >= 4 is 5.69 Å². The Morgan fingerprint density at radius 3 is 3.06 bits per heavy atom. The average Bonchev–Trinajstić information content (AvgIpc) is 2.92. The van der Waals surface area contributed by atoms with Crippen LogP contribution < -0.4 is 10.1 Å². The number of nitrogens with zero attached hydrogens (tertiary/aromatic N) is 3. The molecule has 0 saturated carbocycles. The van der Waals surface area contributed by atoms with Crippen LogP contribution in [0, 0.1) is 11.3 Å². The minimum absolute atomic E-state index is 0.559. The van der Waals surface area contributed by atoms with Gasteiger partial charge in [0.15, 0.2) is 6.33 Å². The smallest absolute Gasteiger partial charge is 0.228 e. The third kappa shape index (κ3) is 2.77. The Labute approximate surface area is 104 Å². The monoisotopic (exact) mass is 244 g/mol. The summed E-state index contributed by atoms with van der Waals surface area (Å²) in [5.41, 5.74) is 1.30. The van der Waals surface area contributed by atoms with E-state index in [1.807, 2.05) is 0 Å². The number of nitriles is 1. The van der Waals surface area contributed by atoms with Gasteiger partial charge in [0.1, 0.15) is 11.8 Å². The highest BCUT2D eigenvalue weighted by Gasteiger charge is 2.04. The SMILES string of the molecule is COc1ccc(C#N)c(NCCc2ncno2)c1. The number of methoxy groups -OCH3 is 1. The van der Waals surface area contributed by atoms with Crippen molar-refractivity contribution in [3.8, 4) is 11.8 Å². The minimum Gasteiger partial charge on any atom is -0.497 e. The summed E-state index contributed by atoms with van der Waals surface area (Å²) in [4.78, 5) is 3.92. The van der Waals surface area contributed by atoms with Crippen molar-refractivity contribution in [1.82, 2.24) is 10.1 Å². The van der Waals surface area contributed by atoms with Crippen molar-refractivity contribution in [1.29, 1.82) is 5.26 Å². The molecule has 0 spiro atoms. The second-order valence-corrected chi connectivity index (χ2v) is 3.54. The van der Waals surface area contributed by atoms with Gasteiger partial charge in [-0.3, -0.25) is 0 Å². The fourth-order valence-electron chi connectivity index (χ4n) is 1.50. The van der Waals surface area contributed by atoms with Gasteiger partial charge in [-0.15, -0.1) is 0 Å². The van der Waals surface area contributed by atoms with Crippen LogP contribution in [-0.4, -0.2) is 23.8 Å². The largest absolute Gasteiger partial charge is 0.497 e. The number of nitrogens with one attached hydrogen (secondary N) is 1. The van der Waals surface area contributed by atoms with Crippen molar-refractivity contribution in [2.45, 2.75) is 6.42 Å². The molecule has 2 aromatic rings. The van der Waals surface area contributed by atoms with Gasteiger partial charge in [-0.05, 0) is 12.1 Å². The molecule has 2 rings (SSSR count). The number of ether oxygens (including phenoxy) is 1. The van der Waals surface area contributed by atoms with E-state index in [9.17, 15) is 0 Å². The zero-order valence-corrected chi connectivity index (χ0v) is 9.88. The highest BCUT2D eigenvalue weighted by atomic mass is 16.5. The van der Waals surface area contributed by atoms with Crippen molar-refractivity contribution in [2.75, 3.05) is 19.0 Å². The Morgan fingerprint density at radius 1 is 1.50 bits per heavy atom. The number of hydrogen-bond acceptors (Lipinski definition) is 6. The third-order valence-corrected chi connectivity index (χ3v) is 2.41. The molecule has 6 nitrogen and oxygen atoms in total. The second kappa shape index (κ2) is 5.68. The molecule has 0 aliphatic heterocycles. The number of aromatic nitrogens is 2. The molecule has 1 heterocycles. The fourth-order valence-corrected chi connectivity index (χ4v) is 1.50. The molecule has 0 bridgehead atoms. The molecule has 1 aromatic heterocycles. The molecule has 6 heteroatoms. The van der Waals surface area contributed by atoms with E-state index in [4.69, 9.17) is 14.5 Å². The molecule has 0 aliphatic carbocycles. The second-order valence-electron chi connectivity index (χ2n) is 3.54. The van der Waals surface area contributed by atoms with E-state index in [2.05, 4.69) is 21.5 Å². The first-order valence-corrected chi connectivity index (χ1v) is 5.41. The average molecular weight is 244 g/mol. The highest BCUT2D eigenvalue weighted by Crippen LogP contribution is 2.21. The van der Waals surface area contributed by atoms with Gasteiger partial charge in [0.05, 0.1) is 18.4 Å². The van der Waals surface area contributed by atoms with Gasteiger partial charge in [-0.2, -0.15) is 10.2 Å². The summed E-state index contributed by atoms with van der Waals surface area (Å²) in [6.45, 7) is 0.601. The Bertz CT molecular complexity index is 546. The molecule has 0 unspecified atom stereocenters. The topological polar surface area (TPSA) is 84.0 Å². The third-order valence-electron chi connectivity index (χ3n) is 2.41. The summed E-state index contributed by atoms with van der Waals surface area (Å²) in [6.07, 6.45) is 1.96. The first-order valence-electron chi connectivity index (χ1n) is 5.41. The van der Waals surface area contributed by atoms with Crippen LogP contribution in [0.5, 0.6) is 5.75 Å². The molecular weight excluding hydrogens is 232 g/mol. The van der Waals surface area contributed by atoms with Crippen LogP contribution in [0.3, 0.4) is 0 Å². The van der Waals surface area contributed by atoms with Crippen LogP contribution in [0.2, 0.25) is 0 Å². The van der Waals surface area contributed by atoms with Gasteiger partial charge in [-0.25, -0.2) is 0 Å². The van der Waals surface area contributed by atoms with Gasteiger partial charge >= 0.3 is 0 Å². The maximum absolute atomic E-state index is 8.99. The van der Waals surface area contributed by atoms with E-state index in [0.29, 0.717) is 30.2 Å². The van der Waals surface area contributed by atoms with Crippen LogP contribution in [0.25, 0.3) is 0 Å². The lowest BCUT2D eigenvalue weighted by molar-refractivity contribution is 0.380. The zero-order chi connectivity index (χ0) is 12.8. The van der Waals surface area contributed by atoms with E-state index in [1.165, 1.54) is 6.33 Å². The quantitative estimate of drug-likeness (QED) is 0.860. The molecule has 0 amide bonds. The molecule has 0 atom stereocenters. The van der Waals surface area contributed by atoms with Gasteiger partial charge in [0, 0.05) is 19.0 Å². The lowest BCUT2D eigenvalue weighted by atomic mass is 10.2. The summed E-state index contributed by atoms with van der Waals surface area (Å²) in [6, 6.07) is 7.37. The highest BCUT2D eigenvalue weighted by molar-refractivity contribution is 5.60. The predicted molar refractivity (Wildman–Crippen MR) is 64.2 cm³/mol. The van der Waals surface area contributed by atoms with E-state index < -0.39 is 0 Å². The lowest BCUT2D eigenvalue weighted by Crippen LogP contribution is -2.06. The maximum atomic E-state index is 8.99. The van der Waals surface area contributed by atoms with Crippen molar-refractivity contribution in [3.63, 3.8) is 0 Å².